The zero-order chi connectivity index (χ0) is 14.8. The van der Waals surface area contributed by atoms with Gasteiger partial charge in [0.2, 0.25) is 11.8 Å². The Morgan fingerprint density at radius 3 is 1.90 bits per heavy atom. The van der Waals surface area contributed by atoms with Gasteiger partial charge in [0, 0.05) is 31.0 Å². The molecule has 5 heteroatoms. The van der Waals surface area contributed by atoms with Gasteiger partial charge in [0.05, 0.1) is 0 Å². The third-order valence-electron chi connectivity index (χ3n) is 5.46. The van der Waals surface area contributed by atoms with Crippen molar-refractivity contribution >= 4 is 11.8 Å². The van der Waals surface area contributed by atoms with Crippen LogP contribution < -0.4 is 16.4 Å². The van der Waals surface area contributed by atoms with Crippen LogP contribution in [0.25, 0.3) is 0 Å². The highest BCUT2D eigenvalue weighted by molar-refractivity contribution is 5.81. The molecule has 0 saturated heterocycles. The summed E-state index contributed by atoms with van der Waals surface area (Å²) in [5, 5.41) is 5.85. The molecule has 0 aliphatic heterocycles. The van der Waals surface area contributed by atoms with E-state index in [2.05, 4.69) is 10.6 Å². The van der Waals surface area contributed by atoms with Crippen molar-refractivity contribution in [3.63, 3.8) is 0 Å². The van der Waals surface area contributed by atoms with Gasteiger partial charge in [-0.2, -0.15) is 0 Å². The van der Waals surface area contributed by atoms with Crippen LogP contribution in [-0.2, 0) is 9.59 Å². The number of amides is 2. The summed E-state index contributed by atoms with van der Waals surface area (Å²) in [5.41, 5.74) is 6.26. The predicted octanol–water partition coefficient (Wildman–Crippen LogP) is 0.782. The molecule has 3 aliphatic carbocycles. The highest BCUT2D eigenvalue weighted by Crippen LogP contribution is 2.41. The summed E-state index contributed by atoms with van der Waals surface area (Å²) >= 11 is 0. The Morgan fingerprint density at radius 1 is 0.857 bits per heavy atom. The van der Waals surface area contributed by atoms with E-state index in [1.165, 1.54) is 19.3 Å². The van der Waals surface area contributed by atoms with E-state index in [0.29, 0.717) is 31.0 Å². The summed E-state index contributed by atoms with van der Waals surface area (Å²) < 4.78 is 0. The summed E-state index contributed by atoms with van der Waals surface area (Å²) in [5.74, 6) is 1.71. The van der Waals surface area contributed by atoms with Gasteiger partial charge in [0.1, 0.15) is 0 Å². The van der Waals surface area contributed by atoms with Gasteiger partial charge in [0.25, 0.3) is 0 Å². The van der Waals surface area contributed by atoms with Crippen molar-refractivity contribution in [2.45, 2.75) is 51.0 Å². The highest BCUT2D eigenvalue weighted by Gasteiger charge is 2.40. The summed E-state index contributed by atoms with van der Waals surface area (Å²) in [6, 6.07) is 0.306. The van der Waals surface area contributed by atoms with Crippen LogP contribution in [0.15, 0.2) is 0 Å². The van der Waals surface area contributed by atoms with Gasteiger partial charge in [-0.1, -0.05) is 6.42 Å². The summed E-state index contributed by atoms with van der Waals surface area (Å²) in [7, 11) is 0. The van der Waals surface area contributed by atoms with Gasteiger partial charge >= 0.3 is 0 Å². The van der Waals surface area contributed by atoms with Crippen molar-refractivity contribution in [2.24, 2.45) is 29.4 Å². The molecule has 118 valence electrons. The van der Waals surface area contributed by atoms with Crippen LogP contribution in [0.3, 0.4) is 0 Å². The summed E-state index contributed by atoms with van der Waals surface area (Å²) in [6.45, 7) is 1.08. The average Bonchev–Trinajstić information content (AvgIpc) is 3.27. The zero-order valence-electron chi connectivity index (χ0n) is 12.6. The van der Waals surface area contributed by atoms with Gasteiger partial charge in [0.15, 0.2) is 0 Å². The second-order valence-corrected chi connectivity index (χ2v) is 7.05. The smallest absolute Gasteiger partial charge is 0.223 e. The lowest BCUT2D eigenvalue weighted by Crippen LogP contribution is -2.49. The molecule has 3 aliphatic rings. The lowest BCUT2D eigenvalue weighted by atomic mass is 9.65. The highest BCUT2D eigenvalue weighted by atomic mass is 16.2. The number of nitrogens with one attached hydrogen (secondary N) is 2. The fraction of sp³-hybridized carbons (Fsp3) is 0.875. The number of nitrogens with two attached hydrogens (primary N) is 1. The van der Waals surface area contributed by atoms with E-state index >= 15 is 0 Å². The molecule has 0 radical (unpaired) electrons. The summed E-state index contributed by atoms with van der Waals surface area (Å²) in [6.07, 6.45) is 7.55. The Balaban J connectivity index is 1.38. The molecule has 0 spiro atoms. The Morgan fingerprint density at radius 2 is 1.38 bits per heavy atom. The van der Waals surface area contributed by atoms with E-state index < -0.39 is 0 Å². The van der Waals surface area contributed by atoms with Crippen molar-refractivity contribution in [1.29, 1.82) is 0 Å². The first-order valence-corrected chi connectivity index (χ1v) is 8.46. The van der Waals surface area contributed by atoms with Crippen LogP contribution in [0.1, 0.15) is 44.9 Å². The Kier molecular flexibility index (Phi) is 4.48. The molecular weight excluding hydrogens is 266 g/mol. The fourth-order valence-corrected chi connectivity index (χ4v) is 4.01. The lowest BCUT2D eigenvalue weighted by Gasteiger charge is -2.43. The Labute approximate surface area is 126 Å². The fourth-order valence-electron chi connectivity index (χ4n) is 4.01. The van der Waals surface area contributed by atoms with Gasteiger partial charge in [-0.25, -0.2) is 0 Å². The molecular formula is C16H27N3O2. The van der Waals surface area contributed by atoms with Crippen molar-refractivity contribution in [3.05, 3.63) is 0 Å². The van der Waals surface area contributed by atoms with Gasteiger partial charge in [-0.3, -0.25) is 9.59 Å². The minimum atomic E-state index is 0.124. The first-order valence-electron chi connectivity index (χ1n) is 8.46. The van der Waals surface area contributed by atoms with E-state index in [9.17, 15) is 9.59 Å². The molecule has 21 heavy (non-hydrogen) atoms. The third kappa shape index (κ3) is 3.57. The maximum atomic E-state index is 12.3. The second kappa shape index (κ2) is 6.34. The first-order chi connectivity index (χ1) is 10.1. The standard InChI is InChI=1S/C16H27N3O2/c17-14-11-2-1-3-12(14)9-13(8-11)16(21)19-7-6-18-15(20)10-4-5-10/h10-14H,1-9,17H2,(H,18,20)(H,19,21). The molecule has 0 heterocycles. The van der Waals surface area contributed by atoms with Crippen LogP contribution in [0.4, 0.5) is 0 Å². The Hall–Kier alpha value is -1.10. The molecule has 0 aromatic carbocycles. The number of carbonyl (C=O) groups excluding carboxylic acids is 2. The first kappa shape index (κ1) is 14.8. The molecule has 4 N–H and O–H groups in total. The normalized spacial score (nSPS) is 35.1. The molecule has 2 unspecified atom stereocenters. The summed E-state index contributed by atoms with van der Waals surface area (Å²) in [4.78, 5) is 23.7. The average molecular weight is 293 g/mol. The molecule has 2 amide bonds. The van der Waals surface area contributed by atoms with Crippen molar-refractivity contribution in [3.8, 4) is 0 Å². The molecule has 3 fully saturated rings. The van der Waals surface area contributed by atoms with Crippen LogP contribution in [-0.4, -0.2) is 30.9 Å². The molecule has 2 atom stereocenters. The lowest BCUT2D eigenvalue weighted by molar-refractivity contribution is -0.128. The topological polar surface area (TPSA) is 84.2 Å². The monoisotopic (exact) mass is 293 g/mol. The van der Waals surface area contributed by atoms with Crippen LogP contribution in [0.5, 0.6) is 0 Å². The third-order valence-corrected chi connectivity index (χ3v) is 5.46. The number of rotatable bonds is 5. The van der Waals surface area contributed by atoms with Crippen molar-refractivity contribution in [1.82, 2.24) is 10.6 Å². The van der Waals surface area contributed by atoms with E-state index in [-0.39, 0.29) is 23.7 Å². The number of fused-ring (bicyclic) bond motifs is 2. The quantitative estimate of drug-likeness (QED) is 0.655. The van der Waals surface area contributed by atoms with E-state index in [4.69, 9.17) is 5.73 Å². The van der Waals surface area contributed by atoms with Crippen molar-refractivity contribution in [2.75, 3.05) is 13.1 Å². The minimum absolute atomic E-state index is 0.124. The van der Waals surface area contributed by atoms with E-state index in [1.54, 1.807) is 0 Å². The number of hydrogen-bond donors (Lipinski definition) is 3. The van der Waals surface area contributed by atoms with Crippen molar-refractivity contribution < 1.29 is 9.59 Å². The molecule has 3 saturated carbocycles. The van der Waals surface area contributed by atoms with Crippen LogP contribution in [0.2, 0.25) is 0 Å². The molecule has 5 nitrogen and oxygen atoms in total. The second-order valence-electron chi connectivity index (χ2n) is 7.05. The van der Waals surface area contributed by atoms with Gasteiger partial charge in [-0.15, -0.1) is 0 Å². The number of hydrogen-bond acceptors (Lipinski definition) is 3. The SMILES string of the molecule is NC1C2CCCC1CC(C(=O)NCCNC(=O)C1CC1)C2. The van der Waals surface area contributed by atoms with Crippen LogP contribution in [0, 0.1) is 23.7 Å². The molecule has 3 rings (SSSR count). The van der Waals surface area contributed by atoms with E-state index in [0.717, 1.165) is 25.7 Å². The Bertz CT molecular complexity index is 394. The number of carbonyl (C=O) groups is 2. The molecule has 0 aromatic rings. The molecule has 2 bridgehead atoms. The largest absolute Gasteiger partial charge is 0.354 e. The maximum Gasteiger partial charge on any atom is 0.223 e. The van der Waals surface area contributed by atoms with E-state index in [1.807, 2.05) is 0 Å². The minimum Gasteiger partial charge on any atom is -0.354 e. The van der Waals surface area contributed by atoms with Gasteiger partial charge in [-0.05, 0) is 50.4 Å². The maximum absolute atomic E-state index is 12.3. The van der Waals surface area contributed by atoms with Gasteiger partial charge < -0.3 is 16.4 Å². The van der Waals surface area contributed by atoms with Crippen LogP contribution >= 0.6 is 0 Å². The predicted molar refractivity (Wildman–Crippen MR) is 80.3 cm³/mol. The molecule has 0 aromatic heterocycles. The zero-order valence-corrected chi connectivity index (χ0v) is 12.6.